The van der Waals surface area contributed by atoms with Gasteiger partial charge in [-0.3, -0.25) is 9.69 Å². The highest BCUT2D eigenvalue weighted by Crippen LogP contribution is 2.29. The van der Waals surface area contributed by atoms with Crippen LogP contribution in [0.25, 0.3) is 0 Å². The molecule has 0 aliphatic carbocycles. The van der Waals surface area contributed by atoms with Gasteiger partial charge in [0.2, 0.25) is 0 Å². The fourth-order valence-electron chi connectivity index (χ4n) is 2.82. The summed E-state index contributed by atoms with van der Waals surface area (Å²) in [5.74, 6) is -0.355. The molecule has 2 aliphatic heterocycles. The van der Waals surface area contributed by atoms with Crippen LogP contribution in [0.3, 0.4) is 0 Å². The fourth-order valence-corrected chi connectivity index (χ4v) is 2.82. The molecule has 3 N–H and O–H groups in total. The van der Waals surface area contributed by atoms with E-state index < -0.39 is 30.5 Å². The molecule has 6 nitrogen and oxygen atoms in total. The Labute approximate surface area is 106 Å². The summed E-state index contributed by atoms with van der Waals surface area (Å²) in [4.78, 5) is 13.3. The molecule has 0 spiro atoms. The van der Waals surface area contributed by atoms with E-state index in [1.54, 1.807) is 0 Å². The average molecular weight is 259 g/mol. The molecule has 2 rings (SSSR count). The molecule has 0 unspecified atom stereocenters. The number of nitrogens with zero attached hydrogens (tertiary/aromatic N) is 1. The second kappa shape index (κ2) is 5.52. The minimum atomic E-state index is -1.13. The first-order chi connectivity index (χ1) is 8.54. The molecule has 104 valence electrons. The lowest BCUT2D eigenvalue weighted by Gasteiger charge is -2.42. The lowest BCUT2D eigenvalue weighted by atomic mass is 9.93. The van der Waals surface area contributed by atoms with Crippen molar-refractivity contribution >= 4 is 5.97 Å². The van der Waals surface area contributed by atoms with Crippen LogP contribution in [0.1, 0.15) is 26.2 Å². The minimum Gasteiger partial charge on any atom is -0.458 e. The van der Waals surface area contributed by atoms with Gasteiger partial charge in [0.25, 0.3) is 0 Å². The summed E-state index contributed by atoms with van der Waals surface area (Å²) in [6, 6.07) is -0.443. The molecule has 0 aromatic heterocycles. The molecule has 0 amide bonds. The van der Waals surface area contributed by atoms with Gasteiger partial charge in [-0.25, -0.2) is 0 Å². The van der Waals surface area contributed by atoms with E-state index >= 15 is 0 Å². The smallest absolute Gasteiger partial charge is 0.306 e. The van der Waals surface area contributed by atoms with Gasteiger partial charge in [-0.05, 0) is 12.8 Å². The molecule has 0 radical (unpaired) electrons. The van der Waals surface area contributed by atoms with Gasteiger partial charge < -0.3 is 20.1 Å². The van der Waals surface area contributed by atoms with Gasteiger partial charge in [0.1, 0.15) is 18.3 Å². The Morgan fingerprint density at radius 3 is 2.72 bits per heavy atom. The number of hydrogen-bond acceptors (Lipinski definition) is 6. The van der Waals surface area contributed by atoms with Crippen molar-refractivity contribution in [3.05, 3.63) is 0 Å². The third kappa shape index (κ3) is 2.51. The summed E-state index contributed by atoms with van der Waals surface area (Å²) in [5.41, 5.74) is 0. The van der Waals surface area contributed by atoms with E-state index in [9.17, 15) is 20.1 Å². The largest absolute Gasteiger partial charge is 0.458 e. The Bertz CT molecular complexity index is 311. The first kappa shape index (κ1) is 13.7. The van der Waals surface area contributed by atoms with Gasteiger partial charge in [-0.1, -0.05) is 6.92 Å². The van der Waals surface area contributed by atoms with E-state index in [1.807, 2.05) is 11.8 Å². The number of hydrogen-bond donors (Lipinski definition) is 3. The quantitative estimate of drug-likeness (QED) is 0.556. The van der Waals surface area contributed by atoms with Crippen molar-refractivity contribution in [1.29, 1.82) is 0 Å². The molecule has 6 heteroatoms. The molecule has 2 aliphatic rings. The first-order valence-corrected chi connectivity index (χ1v) is 6.52. The van der Waals surface area contributed by atoms with Crippen LogP contribution in [-0.4, -0.2) is 69.7 Å². The number of carbonyl (C=O) groups is 1. The van der Waals surface area contributed by atoms with Gasteiger partial charge in [0.15, 0.2) is 0 Å². The molecule has 0 aromatic rings. The zero-order valence-corrected chi connectivity index (χ0v) is 10.5. The summed E-state index contributed by atoms with van der Waals surface area (Å²) < 4.78 is 5.19. The zero-order valence-electron chi connectivity index (χ0n) is 10.5. The number of piperidine rings is 1. The van der Waals surface area contributed by atoms with Crippen LogP contribution in [0.5, 0.6) is 0 Å². The lowest BCUT2D eigenvalue weighted by molar-refractivity contribution is -0.178. The summed E-state index contributed by atoms with van der Waals surface area (Å²) in [6.07, 6.45) is -1.96. The van der Waals surface area contributed by atoms with Crippen LogP contribution >= 0.6 is 0 Å². The maximum atomic E-state index is 11.4. The molecule has 5 atom stereocenters. The molecule has 18 heavy (non-hydrogen) atoms. The molecular weight excluding hydrogens is 238 g/mol. The van der Waals surface area contributed by atoms with E-state index in [1.165, 1.54) is 0 Å². The highest BCUT2D eigenvalue weighted by atomic mass is 16.6. The maximum absolute atomic E-state index is 11.4. The molecule has 0 aromatic carbocycles. The van der Waals surface area contributed by atoms with Gasteiger partial charge in [-0.15, -0.1) is 0 Å². The van der Waals surface area contributed by atoms with Crippen molar-refractivity contribution in [2.45, 2.75) is 56.6 Å². The summed E-state index contributed by atoms with van der Waals surface area (Å²) >= 11 is 0. The monoisotopic (exact) mass is 259 g/mol. The van der Waals surface area contributed by atoms with Crippen LogP contribution in [-0.2, 0) is 9.53 Å². The second-order valence-corrected chi connectivity index (χ2v) is 5.10. The Morgan fingerprint density at radius 2 is 2.06 bits per heavy atom. The maximum Gasteiger partial charge on any atom is 0.306 e. The highest BCUT2D eigenvalue weighted by Gasteiger charge is 2.49. The predicted octanol–water partition coefficient (Wildman–Crippen LogP) is -1.13. The van der Waals surface area contributed by atoms with Crippen molar-refractivity contribution in [2.75, 3.05) is 13.1 Å². The van der Waals surface area contributed by atoms with Crippen LogP contribution < -0.4 is 0 Å². The van der Waals surface area contributed by atoms with Gasteiger partial charge in [0.05, 0.1) is 12.1 Å². The molecule has 2 saturated heterocycles. The summed E-state index contributed by atoms with van der Waals surface area (Å²) in [7, 11) is 0. The van der Waals surface area contributed by atoms with Crippen molar-refractivity contribution < 1.29 is 24.9 Å². The Morgan fingerprint density at radius 1 is 1.33 bits per heavy atom. The first-order valence-electron chi connectivity index (χ1n) is 6.52. The summed E-state index contributed by atoms with van der Waals surface area (Å²) in [6.45, 7) is 2.90. The van der Waals surface area contributed by atoms with E-state index in [2.05, 4.69) is 0 Å². The minimum absolute atomic E-state index is 0.311. The van der Waals surface area contributed by atoms with E-state index in [-0.39, 0.29) is 5.97 Å². The van der Waals surface area contributed by atoms with Gasteiger partial charge in [-0.2, -0.15) is 0 Å². The normalized spacial score (nSPS) is 40.6. The average Bonchev–Trinajstić information content (AvgIpc) is 2.67. The zero-order chi connectivity index (χ0) is 13.3. The van der Waals surface area contributed by atoms with Gasteiger partial charge >= 0.3 is 5.97 Å². The van der Waals surface area contributed by atoms with Crippen molar-refractivity contribution in [3.8, 4) is 0 Å². The van der Waals surface area contributed by atoms with Crippen LogP contribution in [0, 0.1) is 0 Å². The number of aliphatic hydroxyl groups excluding tert-OH is 3. The molecule has 2 heterocycles. The second-order valence-electron chi connectivity index (χ2n) is 5.10. The topological polar surface area (TPSA) is 90.2 Å². The highest BCUT2D eigenvalue weighted by molar-refractivity contribution is 5.69. The van der Waals surface area contributed by atoms with Crippen LogP contribution in [0.2, 0.25) is 0 Å². The third-order valence-electron chi connectivity index (χ3n) is 3.76. The fraction of sp³-hybridized carbons (Fsp3) is 0.917. The number of carbonyl (C=O) groups excluding carboxylic acids is 1. The van der Waals surface area contributed by atoms with E-state index in [0.717, 1.165) is 0 Å². The van der Waals surface area contributed by atoms with Gasteiger partial charge in [0, 0.05) is 19.5 Å². The number of rotatable bonds is 3. The third-order valence-corrected chi connectivity index (χ3v) is 3.76. The number of aliphatic hydroxyl groups is 3. The SMILES string of the molecule is CCCC(=O)O[C@H]1CN2CC[C@H](O)[C@H]2[C@@H](O)[C@@H]1O. The summed E-state index contributed by atoms with van der Waals surface area (Å²) in [5, 5.41) is 29.7. The Kier molecular flexibility index (Phi) is 4.21. The number of ether oxygens (including phenoxy) is 1. The predicted molar refractivity (Wildman–Crippen MR) is 62.8 cm³/mol. The van der Waals surface area contributed by atoms with Crippen LogP contribution in [0.4, 0.5) is 0 Å². The molecule has 0 saturated carbocycles. The number of fused-ring (bicyclic) bond motifs is 1. The van der Waals surface area contributed by atoms with Crippen molar-refractivity contribution in [2.24, 2.45) is 0 Å². The Hall–Kier alpha value is -0.690. The van der Waals surface area contributed by atoms with Crippen LogP contribution in [0.15, 0.2) is 0 Å². The lowest BCUT2D eigenvalue weighted by Crippen LogP contribution is -2.62. The molecular formula is C12H21NO5. The molecule has 2 fully saturated rings. The van der Waals surface area contributed by atoms with Crippen molar-refractivity contribution in [1.82, 2.24) is 4.90 Å². The Balaban J connectivity index is 2.00. The van der Waals surface area contributed by atoms with E-state index in [0.29, 0.717) is 32.4 Å². The van der Waals surface area contributed by atoms with Crippen molar-refractivity contribution in [3.63, 3.8) is 0 Å². The van der Waals surface area contributed by atoms with E-state index in [4.69, 9.17) is 4.74 Å². The standard InChI is InChI=1S/C12H21NO5/c1-2-3-9(15)18-8-6-13-5-4-7(14)10(13)12(17)11(8)16/h7-8,10-12,14,16-17H,2-6H2,1H3/t7-,8-,10-,11+,12+/m0/s1. The molecule has 0 bridgehead atoms. The number of esters is 1.